The van der Waals surface area contributed by atoms with Gasteiger partial charge in [-0.1, -0.05) is 5.16 Å². The van der Waals surface area contributed by atoms with Gasteiger partial charge in [0.05, 0.1) is 12.6 Å². The number of amides is 1. The molecule has 0 unspecified atom stereocenters. The Morgan fingerprint density at radius 1 is 1.46 bits per heavy atom. The van der Waals surface area contributed by atoms with E-state index in [2.05, 4.69) is 36.8 Å². The Labute approximate surface area is 145 Å². The zero-order valence-corrected chi connectivity index (χ0v) is 14.7. The van der Waals surface area contributed by atoms with Crippen molar-refractivity contribution in [3.63, 3.8) is 0 Å². The van der Waals surface area contributed by atoms with Gasteiger partial charge in [0.15, 0.2) is 5.82 Å². The number of hydrogen-bond acceptors (Lipinski definition) is 6. The van der Waals surface area contributed by atoms with Crippen molar-refractivity contribution >= 4 is 17.2 Å². The van der Waals surface area contributed by atoms with Crippen molar-refractivity contribution < 1.29 is 9.32 Å². The van der Waals surface area contributed by atoms with Crippen molar-refractivity contribution in [3.05, 3.63) is 34.1 Å². The molecule has 3 heterocycles. The third-order valence-corrected chi connectivity index (χ3v) is 5.52. The van der Waals surface area contributed by atoms with Crippen molar-refractivity contribution in [2.45, 2.75) is 51.2 Å². The fraction of sp³-hybridized carbons (Fsp3) is 0.588. The lowest BCUT2D eigenvalue weighted by Crippen LogP contribution is -2.41. The molecular formula is C17H22N4O2S. The molecule has 0 aromatic carbocycles. The fourth-order valence-corrected chi connectivity index (χ4v) is 4.07. The van der Waals surface area contributed by atoms with Crippen LogP contribution in [0.3, 0.4) is 0 Å². The Morgan fingerprint density at radius 2 is 2.33 bits per heavy atom. The summed E-state index contributed by atoms with van der Waals surface area (Å²) in [6.07, 6.45) is 4.31. The summed E-state index contributed by atoms with van der Waals surface area (Å²) < 4.78 is 5.11. The first-order valence-electron chi connectivity index (χ1n) is 8.55. The molecule has 6 nitrogen and oxygen atoms in total. The summed E-state index contributed by atoms with van der Waals surface area (Å²) >= 11 is 1.68. The lowest BCUT2D eigenvalue weighted by Gasteiger charge is -2.27. The van der Waals surface area contributed by atoms with Gasteiger partial charge < -0.3 is 9.42 Å². The summed E-state index contributed by atoms with van der Waals surface area (Å²) in [5.74, 6) is 1.52. The van der Waals surface area contributed by atoms with E-state index in [1.54, 1.807) is 18.3 Å². The molecule has 0 bridgehead atoms. The second-order valence-electron chi connectivity index (χ2n) is 6.68. The van der Waals surface area contributed by atoms with Crippen LogP contribution in [0.5, 0.6) is 0 Å². The maximum Gasteiger partial charge on any atom is 0.237 e. The van der Waals surface area contributed by atoms with Gasteiger partial charge in [0.2, 0.25) is 11.8 Å². The van der Waals surface area contributed by atoms with Gasteiger partial charge in [-0.3, -0.25) is 9.69 Å². The van der Waals surface area contributed by atoms with Gasteiger partial charge in [0.25, 0.3) is 0 Å². The molecule has 2 aromatic heterocycles. The van der Waals surface area contributed by atoms with Gasteiger partial charge in [-0.05, 0) is 54.6 Å². The van der Waals surface area contributed by atoms with Gasteiger partial charge in [-0.25, -0.2) is 0 Å². The van der Waals surface area contributed by atoms with Crippen LogP contribution in [-0.2, 0) is 11.3 Å². The van der Waals surface area contributed by atoms with Crippen LogP contribution in [0, 0.1) is 6.92 Å². The highest BCUT2D eigenvalue weighted by Gasteiger charge is 2.36. The summed E-state index contributed by atoms with van der Waals surface area (Å²) in [6, 6.07) is 2.63. The standard InChI is InChI=1S/C17H22N4O2S/c1-12-18-17(19-23-12)15-3-2-7-20(15)10-16(22)21(14-4-5-14)9-13-6-8-24-11-13/h6,8,11,14-15H,2-5,7,9-10H2,1H3/t15-/m1/s1. The van der Waals surface area contributed by atoms with Crippen LogP contribution < -0.4 is 0 Å². The minimum absolute atomic E-state index is 0.105. The third kappa shape index (κ3) is 3.37. The number of rotatable bonds is 6. The predicted octanol–water partition coefficient (Wildman–Crippen LogP) is 2.77. The van der Waals surface area contributed by atoms with E-state index in [1.807, 2.05) is 0 Å². The molecule has 0 spiro atoms. The van der Waals surface area contributed by atoms with Gasteiger partial charge in [-0.15, -0.1) is 0 Å². The van der Waals surface area contributed by atoms with Crippen molar-refractivity contribution in [2.75, 3.05) is 13.1 Å². The molecular weight excluding hydrogens is 324 g/mol. The van der Waals surface area contributed by atoms with Crippen molar-refractivity contribution in [1.29, 1.82) is 0 Å². The topological polar surface area (TPSA) is 62.5 Å². The maximum absolute atomic E-state index is 12.9. The fourth-order valence-electron chi connectivity index (χ4n) is 3.41. The van der Waals surface area contributed by atoms with Crippen LogP contribution >= 0.6 is 11.3 Å². The number of thiophene rings is 1. The Kier molecular flexibility index (Phi) is 4.37. The molecule has 24 heavy (non-hydrogen) atoms. The minimum atomic E-state index is 0.105. The summed E-state index contributed by atoms with van der Waals surface area (Å²) in [7, 11) is 0. The van der Waals surface area contributed by atoms with Gasteiger partial charge in [0, 0.05) is 19.5 Å². The van der Waals surface area contributed by atoms with E-state index in [9.17, 15) is 4.79 Å². The maximum atomic E-state index is 12.9. The molecule has 1 aliphatic carbocycles. The van der Waals surface area contributed by atoms with Crippen LogP contribution in [0.2, 0.25) is 0 Å². The highest BCUT2D eigenvalue weighted by atomic mass is 32.1. The van der Waals surface area contributed by atoms with Crippen LogP contribution in [0.4, 0.5) is 0 Å². The molecule has 2 aliphatic rings. The smallest absolute Gasteiger partial charge is 0.237 e. The van der Waals surface area contributed by atoms with Crippen LogP contribution in [0.15, 0.2) is 21.3 Å². The Hall–Kier alpha value is -1.73. The first-order valence-corrected chi connectivity index (χ1v) is 9.50. The lowest BCUT2D eigenvalue weighted by atomic mass is 10.2. The van der Waals surface area contributed by atoms with E-state index >= 15 is 0 Å². The van der Waals surface area contributed by atoms with Gasteiger partial charge in [-0.2, -0.15) is 16.3 Å². The lowest BCUT2D eigenvalue weighted by molar-refractivity contribution is -0.134. The summed E-state index contributed by atoms with van der Waals surface area (Å²) in [5.41, 5.74) is 1.23. The minimum Gasteiger partial charge on any atom is -0.340 e. The van der Waals surface area contributed by atoms with Crippen molar-refractivity contribution in [3.8, 4) is 0 Å². The largest absolute Gasteiger partial charge is 0.340 e. The highest BCUT2D eigenvalue weighted by Crippen LogP contribution is 2.32. The SMILES string of the molecule is Cc1nc([C@H]2CCCN2CC(=O)N(Cc2ccsc2)C2CC2)no1. The number of hydrogen-bond donors (Lipinski definition) is 0. The molecule has 7 heteroatoms. The Bertz CT molecular complexity index is 695. The molecule has 1 amide bonds. The molecule has 128 valence electrons. The van der Waals surface area contributed by atoms with Crippen LogP contribution in [0.25, 0.3) is 0 Å². The van der Waals surface area contributed by atoms with E-state index in [-0.39, 0.29) is 11.9 Å². The Morgan fingerprint density at radius 3 is 3.00 bits per heavy atom. The quantitative estimate of drug-likeness (QED) is 0.805. The first kappa shape index (κ1) is 15.8. The van der Waals surface area contributed by atoms with E-state index in [4.69, 9.17) is 4.52 Å². The van der Waals surface area contributed by atoms with Crippen molar-refractivity contribution in [1.82, 2.24) is 19.9 Å². The number of carbonyl (C=O) groups excluding carboxylic acids is 1. The number of likely N-dealkylation sites (tertiary alicyclic amines) is 1. The summed E-state index contributed by atoms with van der Waals surface area (Å²) in [6.45, 7) is 3.89. The number of aromatic nitrogens is 2. The molecule has 2 aromatic rings. The molecule has 1 aliphatic heterocycles. The molecule has 4 rings (SSSR count). The zero-order chi connectivity index (χ0) is 16.5. The monoisotopic (exact) mass is 346 g/mol. The number of aryl methyl sites for hydroxylation is 1. The van der Waals surface area contributed by atoms with Crippen molar-refractivity contribution in [2.24, 2.45) is 0 Å². The Balaban J connectivity index is 1.43. The molecule has 0 radical (unpaired) electrons. The van der Waals surface area contributed by atoms with Gasteiger partial charge >= 0.3 is 0 Å². The second-order valence-corrected chi connectivity index (χ2v) is 7.46. The van der Waals surface area contributed by atoms with E-state index in [1.165, 1.54) is 5.56 Å². The molecule has 1 saturated heterocycles. The second kappa shape index (κ2) is 6.64. The molecule has 1 atom stereocenters. The number of carbonyl (C=O) groups is 1. The van der Waals surface area contributed by atoms with Gasteiger partial charge in [0.1, 0.15) is 0 Å². The van der Waals surface area contributed by atoms with E-state index < -0.39 is 0 Å². The summed E-state index contributed by atoms with van der Waals surface area (Å²) in [4.78, 5) is 21.5. The van der Waals surface area contributed by atoms with E-state index in [0.29, 0.717) is 24.3 Å². The average Bonchev–Trinajstić information content (AvgIpc) is 2.96. The first-order chi connectivity index (χ1) is 11.7. The van der Waals surface area contributed by atoms with Crippen LogP contribution in [-0.4, -0.2) is 45.0 Å². The molecule has 0 N–H and O–H groups in total. The average molecular weight is 346 g/mol. The highest BCUT2D eigenvalue weighted by molar-refractivity contribution is 7.07. The zero-order valence-electron chi connectivity index (χ0n) is 13.9. The number of nitrogens with zero attached hydrogens (tertiary/aromatic N) is 4. The summed E-state index contributed by atoms with van der Waals surface area (Å²) in [5, 5.41) is 8.25. The van der Waals surface area contributed by atoms with Crippen LogP contribution in [0.1, 0.15) is 49.0 Å². The predicted molar refractivity (Wildman–Crippen MR) is 90.5 cm³/mol. The van der Waals surface area contributed by atoms with E-state index in [0.717, 1.165) is 38.8 Å². The molecule has 1 saturated carbocycles. The molecule has 2 fully saturated rings. The normalized spacial score (nSPS) is 21.3. The third-order valence-electron chi connectivity index (χ3n) is 4.78.